The van der Waals surface area contributed by atoms with Gasteiger partial charge in [-0.15, -0.1) is 0 Å². The fourth-order valence-electron chi connectivity index (χ4n) is 1.16. The smallest absolute Gasteiger partial charge is 0.397 e. The number of ketones is 1. The van der Waals surface area contributed by atoms with Gasteiger partial charge in [0.2, 0.25) is 0 Å². The summed E-state index contributed by atoms with van der Waals surface area (Å²) in [5.74, 6) is -0.700. The Morgan fingerprint density at radius 3 is 2.07 bits per heavy atom. The maximum absolute atomic E-state index is 12.5. The van der Waals surface area contributed by atoms with Gasteiger partial charge in [-0.3, -0.25) is 4.79 Å². The van der Waals surface area contributed by atoms with Gasteiger partial charge < -0.3 is 11.5 Å². The summed E-state index contributed by atoms with van der Waals surface area (Å²) < 4.78 is 37.4. The molecule has 0 saturated heterocycles. The molecule has 0 aromatic heterocycles. The Balaban J connectivity index is 3.49. The first kappa shape index (κ1) is 11.4. The van der Waals surface area contributed by atoms with Gasteiger partial charge >= 0.3 is 6.18 Å². The number of rotatable bonds is 1. The minimum absolute atomic E-state index is 0.0341. The highest BCUT2D eigenvalue weighted by Crippen LogP contribution is 2.35. The highest BCUT2D eigenvalue weighted by Gasteiger charge is 2.35. The molecule has 0 atom stereocenters. The summed E-state index contributed by atoms with van der Waals surface area (Å²) in [5, 5.41) is 0. The molecule has 0 fully saturated rings. The highest BCUT2D eigenvalue weighted by molar-refractivity contribution is 5.97. The first-order valence-corrected chi connectivity index (χ1v) is 4.00. The quantitative estimate of drug-likeness (QED) is 0.560. The van der Waals surface area contributed by atoms with E-state index in [-0.39, 0.29) is 11.4 Å². The molecule has 0 amide bonds. The summed E-state index contributed by atoms with van der Waals surface area (Å²) in [6.45, 7) is 1.04. The Kier molecular flexibility index (Phi) is 2.61. The topological polar surface area (TPSA) is 69.1 Å². The van der Waals surface area contributed by atoms with Crippen molar-refractivity contribution in [1.29, 1.82) is 0 Å². The van der Waals surface area contributed by atoms with Crippen molar-refractivity contribution in [2.24, 2.45) is 0 Å². The molecule has 82 valence electrons. The Labute approximate surface area is 83.9 Å². The SMILES string of the molecule is CC(=O)c1cc(N)c(N)cc1C(F)(F)F. The zero-order valence-corrected chi connectivity index (χ0v) is 7.85. The lowest BCUT2D eigenvalue weighted by Gasteiger charge is -2.13. The molecule has 0 aliphatic rings. The molecule has 15 heavy (non-hydrogen) atoms. The van der Waals surface area contributed by atoms with E-state index in [0.29, 0.717) is 6.07 Å². The van der Waals surface area contributed by atoms with Gasteiger partial charge in [-0.25, -0.2) is 0 Å². The second kappa shape index (κ2) is 3.45. The number of halogens is 3. The lowest BCUT2D eigenvalue weighted by atomic mass is 10.0. The van der Waals surface area contributed by atoms with Crippen LogP contribution in [0, 0.1) is 0 Å². The second-order valence-electron chi connectivity index (χ2n) is 3.08. The van der Waals surface area contributed by atoms with E-state index in [1.807, 2.05) is 0 Å². The van der Waals surface area contributed by atoms with E-state index in [1.54, 1.807) is 0 Å². The van der Waals surface area contributed by atoms with Crippen LogP contribution in [-0.4, -0.2) is 5.78 Å². The fourth-order valence-corrected chi connectivity index (χ4v) is 1.16. The number of benzene rings is 1. The molecule has 1 aromatic carbocycles. The lowest BCUT2D eigenvalue weighted by molar-refractivity contribution is -0.137. The Hall–Kier alpha value is -1.72. The van der Waals surface area contributed by atoms with E-state index in [2.05, 4.69) is 0 Å². The minimum atomic E-state index is -4.61. The molecule has 0 aliphatic heterocycles. The molecular weight excluding hydrogens is 209 g/mol. The average molecular weight is 218 g/mol. The summed E-state index contributed by atoms with van der Waals surface area (Å²) in [4.78, 5) is 11.0. The van der Waals surface area contributed by atoms with Crippen LogP contribution in [0.3, 0.4) is 0 Å². The van der Waals surface area contributed by atoms with E-state index >= 15 is 0 Å². The maximum Gasteiger partial charge on any atom is 0.417 e. The number of nitrogen functional groups attached to an aromatic ring is 2. The van der Waals surface area contributed by atoms with Crippen LogP contribution in [0.5, 0.6) is 0 Å². The van der Waals surface area contributed by atoms with Crippen molar-refractivity contribution in [3.8, 4) is 0 Å². The zero-order chi connectivity index (χ0) is 11.8. The van der Waals surface area contributed by atoms with Gasteiger partial charge in [-0.05, 0) is 19.1 Å². The molecule has 0 saturated carbocycles. The second-order valence-corrected chi connectivity index (χ2v) is 3.08. The number of anilines is 2. The van der Waals surface area contributed by atoms with Crippen molar-refractivity contribution in [2.75, 3.05) is 11.5 Å². The molecule has 4 N–H and O–H groups in total. The van der Waals surface area contributed by atoms with Crippen LogP contribution in [-0.2, 0) is 6.18 Å². The molecule has 1 rings (SSSR count). The largest absolute Gasteiger partial charge is 0.417 e. The van der Waals surface area contributed by atoms with Gasteiger partial charge in [0.25, 0.3) is 0 Å². The van der Waals surface area contributed by atoms with Gasteiger partial charge in [0, 0.05) is 5.56 Å². The van der Waals surface area contributed by atoms with Crippen molar-refractivity contribution >= 4 is 17.2 Å². The fraction of sp³-hybridized carbons (Fsp3) is 0.222. The third-order valence-electron chi connectivity index (χ3n) is 1.91. The highest BCUT2D eigenvalue weighted by atomic mass is 19.4. The van der Waals surface area contributed by atoms with Crippen LogP contribution in [0.1, 0.15) is 22.8 Å². The summed E-state index contributed by atoms with van der Waals surface area (Å²) in [7, 11) is 0. The average Bonchev–Trinajstić information content (AvgIpc) is 2.06. The van der Waals surface area contributed by atoms with Crippen molar-refractivity contribution in [1.82, 2.24) is 0 Å². The predicted molar refractivity (Wildman–Crippen MR) is 50.3 cm³/mol. The normalized spacial score (nSPS) is 11.5. The van der Waals surface area contributed by atoms with E-state index < -0.39 is 23.1 Å². The molecule has 0 spiro atoms. The molecule has 0 unspecified atom stereocenters. The summed E-state index contributed by atoms with van der Waals surface area (Å²) in [5.41, 5.74) is 8.84. The molecule has 0 aliphatic carbocycles. The third-order valence-corrected chi connectivity index (χ3v) is 1.91. The summed E-state index contributed by atoms with van der Waals surface area (Å²) in [6.07, 6.45) is -4.61. The summed E-state index contributed by atoms with van der Waals surface area (Å²) >= 11 is 0. The Morgan fingerprint density at radius 1 is 1.20 bits per heavy atom. The molecule has 6 heteroatoms. The van der Waals surface area contributed by atoms with Gasteiger partial charge in [0.15, 0.2) is 5.78 Å². The van der Waals surface area contributed by atoms with Crippen LogP contribution >= 0.6 is 0 Å². The van der Waals surface area contributed by atoms with Crippen molar-refractivity contribution in [3.05, 3.63) is 23.3 Å². The number of Topliss-reactive ketones (excluding diaryl/α,β-unsaturated/α-hetero) is 1. The van der Waals surface area contributed by atoms with Crippen LogP contribution in [0.25, 0.3) is 0 Å². The molecular formula is C9H9F3N2O. The van der Waals surface area contributed by atoms with Gasteiger partial charge in [0.05, 0.1) is 16.9 Å². The molecule has 3 nitrogen and oxygen atoms in total. The van der Waals surface area contributed by atoms with Crippen LogP contribution in [0.4, 0.5) is 24.5 Å². The predicted octanol–water partition coefficient (Wildman–Crippen LogP) is 2.07. The molecule has 0 bridgehead atoms. The van der Waals surface area contributed by atoms with Crippen LogP contribution in [0.15, 0.2) is 12.1 Å². The summed E-state index contributed by atoms with van der Waals surface area (Å²) in [6, 6.07) is 1.62. The number of hydrogen-bond acceptors (Lipinski definition) is 3. The van der Waals surface area contributed by atoms with E-state index in [1.165, 1.54) is 0 Å². The van der Waals surface area contributed by atoms with E-state index in [9.17, 15) is 18.0 Å². The van der Waals surface area contributed by atoms with E-state index in [4.69, 9.17) is 11.5 Å². The maximum atomic E-state index is 12.5. The van der Waals surface area contributed by atoms with Crippen molar-refractivity contribution < 1.29 is 18.0 Å². The van der Waals surface area contributed by atoms with Gasteiger partial charge in [0.1, 0.15) is 0 Å². The Morgan fingerprint density at radius 2 is 1.67 bits per heavy atom. The first-order valence-electron chi connectivity index (χ1n) is 4.00. The number of carbonyl (C=O) groups excluding carboxylic acids is 1. The number of carbonyl (C=O) groups is 1. The molecule has 0 heterocycles. The lowest BCUT2D eigenvalue weighted by Crippen LogP contribution is -2.13. The third kappa shape index (κ3) is 2.20. The zero-order valence-electron chi connectivity index (χ0n) is 7.85. The van der Waals surface area contributed by atoms with Crippen LogP contribution in [0.2, 0.25) is 0 Å². The number of nitrogens with two attached hydrogens (primary N) is 2. The minimum Gasteiger partial charge on any atom is -0.397 e. The Bertz CT molecular complexity index is 413. The van der Waals surface area contributed by atoms with Gasteiger partial charge in [-0.1, -0.05) is 0 Å². The van der Waals surface area contributed by atoms with E-state index in [0.717, 1.165) is 13.0 Å². The monoisotopic (exact) mass is 218 g/mol. The molecule has 1 aromatic rings. The van der Waals surface area contributed by atoms with Crippen molar-refractivity contribution in [3.63, 3.8) is 0 Å². The standard InChI is InChI=1S/C9H9F3N2O/c1-4(15)5-2-7(13)8(14)3-6(5)9(10,11)12/h2-3H,13-14H2,1H3. The van der Waals surface area contributed by atoms with Crippen LogP contribution < -0.4 is 11.5 Å². The number of hydrogen-bond donors (Lipinski definition) is 2. The first-order chi connectivity index (χ1) is 6.73. The van der Waals surface area contributed by atoms with Gasteiger partial charge in [-0.2, -0.15) is 13.2 Å². The number of alkyl halides is 3. The molecule has 0 radical (unpaired) electrons. The van der Waals surface area contributed by atoms with Crippen molar-refractivity contribution in [2.45, 2.75) is 13.1 Å².